The van der Waals surface area contributed by atoms with E-state index >= 15 is 0 Å². The van der Waals surface area contributed by atoms with Crippen LogP contribution in [0.25, 0.3) is 0 Å². The van der Waals surface area contributed by atoms with E-state index in [1.165, 1.54) is 0 Å². The summed E-state index contributed by atoms with van der Waals surface area (Å²) in [5.41, 5.74) is 0. The third-order valence-electron chi connectivity index (χ3n) is 1.63. The van der Waals surface area contributed by atoms with Gasteiger partial charge in [-0.1, -0.05) is 0 Å². The zero-order chi connectivity index (χ0) is 6.91. The molecule has 1 rings (SSSR count). The first-order valence-electron chi connectivity index (χ1n) is 3.05. The van der Waals surface area contributed by atoms with Crippen molar-refractivity contribution in [1.82, 2.24) is 5.32 Å². The summed E-state index contributed by atoms with van der Waals surface area (Å²) in [6, 6.07) is 0. The highest BCUT2D eigenvalue weighted by molar-refractivity contribution is 8.01. The number of carbonyl (C=O) groups excluding carboxylic acids is 1. The first-order chi connectivity index (χ1) is 4.15. The molecule has 9 heavy (non-hydrogen) atoms. The molecule has 1 unspecified atom stereocenters. The van der Waals surface area contributed by atoms with Crippen molar-refractivity contribution in [3.63, 3.8) is 0 Å². The monoisotopic (exact) mass is 145 g/mol. The lowest BCUT2D eigenvalue weighted by Crippen LogP contribution is -2.40. The molecule has 0 amide bonds. The third-order valence-corrected chi connectivity index (χ3v) is 3.04. The standard InChI is InChI=1S/C6H11NOS/c1-5(8)6(2)7-3-4-9-6/h7H,3-4H2,1-2H3. The SMILES string of the molecule is CC(=O)C1(C)NCCS1. The second-order valence-corrected chi connectivity index (χ2v) is 3.88. The van der Waals surface area contributed by atoms with Crippen LogP contribution in [0.5, 0.6) is 0 Å². The lowest BCUT2D eigenvalue weighted by Gasteiger charge is -2.18. The summed E-state index contributed by atoms with van der Waals surface area (Å²) in [7, 11) is 0. The second-order valence-electron chi connectivity index (χ2n) is 2.36. The van der Waals surface area contributed by atoms with E-state index in [1.54, 1.807) is 18.7 Å². The van der Waals surface area contributed by atoms with Gasteiger partial charge in [0.1, 0.15) is 4.87 Å². The quantitative estimate of drug-likeness (QED) is 0.586. The van der Waals surface area contributed by atoms with Crippen molar-refractivity contribution in [2.24, 2.45) is 0 Å². The zero-order valence-corrected chi connectivity index (χ0v) is 6.55. The number of ketones is 1. The van der Waals surface area contributed by atoms with Crippen LogP contribution in [0.4, 0.5) is 0 Å². The summed E-state index contributed by atoms with van der Waals surface area (Å²) in [5.74, 6) is 1.28. The number of hydrogen-bond acceptors (Lipinski definition) is 3. The Morgan fingerprint density at radius 2 is 2.44 bits per heavy atom. The number of Topliss-reactive ketones (excluding diaryl/α,β-unsaturated/α-hetero) is 1. The summed E-state index contributed by atoms with van der Waals surface area (Å²) < 4.78 is 0. The van der Waals surface area contributed by atoms with Crippen molar-refractivity contribution in [2.45, 2.75) is 18.7 Å². The second kappa shape index (κ2) is 2.31. The van der Waals surface area contributed by atoms with Crippen LogP contribution in [0.1, 0.15) is 13.8 Å². The molecule has 1 fully saturated rings. The first kappa shape index (κ1) is 7.09. The topological polar surface area (TPSA) is 29.1 Å². The Hall–Kier alpha value is -0.0200. The molecule has 0 aliphatic carbocycles. The zero-order valence-electron chi connectivity index (χ0n) is 5.73. The maximum Gasteiger partial charge on any atom is 0.159 e. The molecule has 0 aromatic rings. The van der Waals surface area contributed by atoms with Gasteiger partial charge >= 0.3 is 0 Å². The lowest BCUT2D eigenvalue weighted by atomic mass is 10.2. The molecule has 0 saturated carbocycles. The van der Waals surface area contributed by atoms with Crippen molar-refractivity contribution in [2.75, 3.05) is 12.3 Å². The van der Waals surface area contributed by atoms with Gasteiger partial charge in [0.25, 0.3) is 0 Å². The molecule has 1 N–H and O–H groups in total. The van der Waals surface area contributed by atoms with Gasteiger partial charge in [-0.25, -0.2) is 0 Å². The van der Waals surface area contributed by atoms with Gasteiger partial charge < -0.3 is 0 Å². The average Bonchev–Trinajstić information content (AvgIpc) is 2.16. The van der Waals surface area contributed by atoms with Crippen molar-refractivity contribution in [1.29, 1.82) is 0 Å². The molecule has 2 nitrogen and oxygen atoms in total. The molecular formula is C6H11NOS. The predicted molar refractivity (Wildman–Crippen MR) is 39.5 cm³/mol. The van der Waals surface area contributed by atoms with Crippen molar-refractivity contribution < 1.29 is 4.79 Å². The molecule has 1 heterocycles. The minimum absolute atomic E-state index is 0.227. The molecule has 1 aliphatic rings. The Morgan fingerprint density at radius 1 is 1.78 bits per heavy atom. The van der Waals surface area contributed by atoms with E-state index in [-0.39, 0.29) is 10.7 Å². The van der Waals surface area contributed by atoms with Crippen LogP contribution in [0.2, 0.25) is 0 Å². The summed E-state index contributed by atoms with van der Waals surface area (Å²) in [4.78, 5) is 10.6. The summed E-state index contributed by atoms with van der Waals surface area (Å²) >= 11 is 1.69. The highest BCUT2D eigenvalue weighted by atomic mass is 32.2. The van der Waals surface area contributed by atoms with E-state index in [2.05, 4.69) is 5.32 Å². The molecule has 1 saturated heterocycles. The largest absolute Gasteiger partial charge is 0.297 e. The van der Waals surface area contributed by atoms with Gasteiger partial charge in [-0.3, -0.25) is 10.1 Å². The number of rotatable bonds is 1. The van der Waals surface area contributed by atoms with Gasteiger partial charge in [-0.2, -0.15) is 0 Å². The Balaban J connectivity index is 2.61. The van der Waals surface area contributed by atoms with Gasteiger partial charge in [-0.05, 0) is 13.8 Å². The number of thioether (sulfide) groups is 1. The molecule has 0 aromatic carbocycles. The minimum atomic E-state index is -0.278. The average molecular weight is 145 g/mol. The Labute approximate surface area is 59.4 Å². The third kappa shape index (κ3) is 1.27. The Bertz CT molecular complexity index is 129. The van der Waals surface area contributed by atoms with Gasteiger partial charge in [0.15, 0.2) is 5.78 Å². The highest BCUT2D eigenvalue weighted by Gasteiger charge is 2.33. The van der Waals surface area contributed by atoms with Crippen LogP contribution in [0, 0.1) is 0 Å². The molecule has 52 valence electrons. The van der Waals surface area contributed by atoms with E-state index < -0.39 is 0 Å². The molecule has 0 radical (unpaired) electrons. The molecule has 1 atom stereocenters. The fourth-order valence-electron chi connectivity index (χ4n) is 0.822. The van der Waals surface area contributed by atoms with Crippen LogP contribution in [0.15, 0.2) is 0 Å². The predicted octanol–water partition coefficient (Wildman–Crippen LogP) is 0.628. The maximum atomic E-state index is 10.9. The van der Waals surface area contributed by atoms with Crippen LogP contribution < -0.4 is 5.32 Å². The Morgan fingerprint density at radius 3 is 2.67 bits per heavy atom. The van der Waals surface area contributed by atoms with Gasteiger partial charge in [-0.15, -0.1) is 11.8 Å². The van der Waals surface area contributed by atoms with Gasteiger partial charge in [0.05, 0.1) is 0 Å². The summed E-state index contributed by atoms with van der Waals surface area (Å²) in [6.07, 6.45) is 0. The summed E-state index contributed by atoms with van der Waals surface area (Å²) in [6.45, 7) is 4.53. The van der Waals surface area contributed by atoms with Crippen molar-refractivity contribution in [3.8, 4) is 0 Å². The fraction of sp³-hybridized carbons (Fsp3) is 0.833. The molecule has 0 spiro atoms. The number of carbonyl (C=O) groups is 1. The summed E-state index contributed by atoms with van der Waals surface area (Å²) in [5, 5.41) is 3.15. The molecule has 0 aromatic heterocycles. The van der Waals surface area contributed by atoms with Gasteiger partial charge in [0, 0.05) is 12.3 Å². The van der Waals surface area contributed by atoms with Crippen LogP contribution in [-0.4, -0.2) is 23.0 Å². The molecule has 0 bridgehead atoms. The van der Waals surface area contributed by atoms with E-state index in [9.17, 15) is 4.79 Å². The van der Waals surface area contributed by atoms with Gasteiger partial charge in [0.2, 0.25) is 0 Å². The number of nitrogens with one attached hydrogen (secondary N) is 1. The lowest BCUT2D eigenvalue weighted by molar-refractivity contribution is -0.119. The smallest absolute Gasteiger partial charge is 0.159 e. The molecular weight excluding hydrogens is 134 g/mol. The van der Waals surface area contributed by atoms with E-state index in [0.717, 1.165) is 12.3 Å². The van der Waals surface area contributed by atoms with Crippen LogP contribution in [0.3, 0.4) is 0 Å². The van der Waals surface area contributed by atoms with E-state index in [1.807, 2.05) is 6.92 Å². The molecule has 1 aliphatic heterocycles. The number of hydrogen-bond donors (Lipinski definition) is 1. The Kier molecular flexibility index (Phi) is 1.82. The first-order valence-corrected chi connectivity index (χ1v) is 4.04. The van der Waals surface area contributed by atoms with E-state index in [0.29, 0.717) is 0 Å². The minimum Gasteiger partial charge on any atom is -0.297 e. The van der Waals surface area contributed by atoms with Crippen LogP contribution in [-0.2, 0) is 4.79 Å². The van der Waals surface area contributed by atoms with Crippen molar-refractivity contribution in [3.05, 3.63) is 0 Å². The van der Waals surface area contributed by atoms with Crippen molar-refractivity contribution >= 4 is 17.5 Å². The molecule has 3 heteroatoms. The van der Waals surface area contributed by atoms with E-state index in [4.69, 9.17) is 0 Å². The van der Waals surface area contributed by atoms with Crippen LogP contribution >= 0.6 is 11.8 Å². The normalized spacial score (nSPS) is 34.9. The fourth-order valence-corrected chi connectivity index (χ4v) is 1.84. The highest BCUT2D eigenvalue weighted by Crippen LogP contribution is 2.26. The maximum absolute atomic E-state index is 10.9.